The van der Waals surface area contributed by atoms with Crippen molar-refractivity contribution in [2.24, 2.45) is 45.8 Å². The molecule has 0 radical (unpaired) electrons. The van der Waals surface area contributed by atoms with Crippen molar-refractivity contribution in [3.05, 3.63) is 47.1 Å². The summed E-state index contributed by atoms with van der Waals surface area (Å²) in [6.07, 6.45) is 18.9. The molecule has 0 amide bonds. The molecule has 228 valence electrons. The number of anilines is 2. The summed E-state index contributed by atoms with van der Waals surface area (Å²) in [5.74, 6) is 4.92. The SMILES string of the molecule is CCC(CCC=C(C)C)C1CCC2C3CC=C4C(C)(C)C(c5cc(N)cc(N)c5)CCC4(C)C3CCC12C.O=CO. The number of rotatable bonds is 6. The fraction of sp³-hybridized carbons (Fsp3) is 0.703. The fourth-order valence-electron chi connectivity index (χ4n) is 11.0. The summed E-state index contributed by atoms with van der Waals surface area (Å²) >= 11 is 0. The van der Waals surface area contributed by atoms with Gasteiger partial charge in [0.05, 0.1) is 0 Å². The Labute approximate surface area is 250 Å². The van der Waals surface area contributed by atoms with Gasteiger partial charge in [-0.15, -0.1) is 0 Å². The van der Waals surface area contributed by atoms with Gasteiger partial charge in [-0.2, -0.15) is 0 Å². The summed E-state index contributed by atoms with van der Waals surface area (Å²) in [7, 11) is 0. The molecule has 4 aliphatic rings. The first-order valence-corrected chi connectivity index (χ1v) is 16.4. The quantitative estimate of drug-likeness (QED) is 0.183. The minimum Gasteiger partial charge on any atom is -0.483 e. The average Bonchev–Trinajstić information content (AvgIpc) is 3.23. The van der Waals surface area contributed by atoms with Gasteiger partial charge in [-0.25, -0.2) is 0 Å². The second-order valence-corrected chi connectivity index (χ2v) is 15.3. The number of benzene rings is 1. The smallest absolute Gasteiger partial charge is 0.290 e. The minimum absolute atomic E-state index is 0.134. The van der Waals surface area contributed by atoms with Crippen molar-refractivity contribution in [1.29, 1.82) is 0 Å². The van der Waals surface area contributed by atoms with Crippen LogP contribution in [0.3, 0.4) is 0 Å². The highest BCUT2D eigenvalue weighted by Gasteiger charge is 2.61. The zero-order valence-electron chi connectivity index (χ0n) is 27.0. The molecule has 3 fully saturated rings. The number of fused-ring (bicyclic) bond motifs is 5. The number of allylic oxidation sites excluding steroid dienone is 4. The lowest BCUT2D eigenvalue weighted by Crippen LogP contribution is -2.53. The van der Waals surface area contributed by atoms with Crippen molar-refractivity contribution in [3.63, 3.8) is 0 Å². The molecule has 0 saturated heterocycles. The molecule has 5 rings (SSSR count). The molecule has 4 nitrogen and oxygen atoms in total. The Morgan fingerprint density at radius 2 is 1.66 bits per heavy atom. The first-order valence-electron chi connectivity index (χ1n) is 16.4. The zero-order valence-corrected chi connectivity index (χ0v) is 27.0. The first kappa shape index (κ1) is 31.7. The molecular formula is C37H58N2O2. The molecule has 4 heteroatoms. The van der Waals surface area contributed by atoms with Crippen LogP contribution in [0.1, 0.15) is 124 Å². The molecule has 1 aromatic rings. The average molecular weight is 563 g/mol. The molecule has 0 heterocycles. The van der Waals surface area contributed by atoms with Gasteiger partial charge in [-0.1, -0.05) is 64.3 Å². The van der Waals surface area contributed by atoms with Crippen molar-refractivity contribution in [2.75, 3.05) is 11.5 Å². The summed E-state index contributed by atoms with van der Waals surface area (Å²) in [6, 6.07) is 6.26. The molecule has 8 atom stereocenters. The van der Waals surface area contributed by atoms with Gasteiger partial charge < -0.3 is 16.6 Å². The van der Waals surface area contributed by atoms with E-state index in [1.165, 1.54) is 75.3 Å². The molecule has 4 aliphatic carbocycles. The highest BCUT2D eigenvalue weighted by molar-refractivity contribution is 5.56. The van der Waals surface area contributed by atoms with Gasteiger partial charge in [0.15, 0.2) is 0 Å². The van der Waals surface area contributed by atoms with Crippen molar-refractivity contribution in [3.8, 4) is 0 Å². The van der Waals surface area contributed by atoms with Gasteiger partial charge in [-0.05, 0) is 147 Å². The van der Waals surface area contributed by atoms with Crippen LogP contribution in [0.4, 0.5) is 11.4 Å². The van der Waals surface area contributed by atoms with E-state index in [2.05, 4.69) is 72.8 Å². The molecule has 0 spiro atoms. The second kappa shape index (κ2) is 12.2. The standard InChI is InChI=1S/C36H56N2.CH2O2/c1-8-24(11-9-10-23(2)3)30-13-14-31-28-12-15-33-34(4,5)29(25-20-26(37)22-27(38)21-25)16-19-36(33,7)32(28)17-18-35(30,31)6;2-1-3/h10,15,20-22,24,28-32H,8-9,11-14,16-19,37-38H2,1-7H3;1H,(H,2,3). The van der Waals surface area contributed by atoms with Crippen LogP contribution in [0.5, 0.6) is 0 Å². The van der Waals surface area contributed by atoms with Crippen LogP contribution in [-0.2, 0) is 4.79 Å². The lowest BCUT2D eigenvalue weighted by molar-refractivity contribution is -0.122. The van der Waals surface area contributed by atoms with E-state index in [-0.39, 0.29) is 11.9 Å². The lowest BCUT2D eigenvalue weighted by atomic mass is 9.43. The van der Waals surface area contributed by atoms with Crippen LogP contribution in [0, 0.1) is 45.8 Å². The fourth-order valence-corrected chi connectivity index (χ4v) is 11.0. The Morgan fingerprint density at radius 1 is 1.00 bits per heavy atom. The molecular weight excluding hydrogens is 504 g/mol. The van der Waals surface area contributed by atoms with Crippen LogP contribution in [0.2, 0.25) is 0 Å². The highest BCUT2D eigenvalue weighted by atomic mass is 16.3. The maximum absolute atomic E-state index is 8.36. The van der Waals surface area contributed by atoms with E-state index in [1.54, 1.807) is 5.57 Å². The lowest BCUT2D eigenvalue weighted by Gasteiger charge is -2.62. The third-order valence-electron chi connectivity index (χ3n) is 12.6. The summed E-state index contributed by atoms with van der Waals surface area (Å²) < 4.78 is 0. The number of carboxylic acid groups (broad SMARTS) is 1. The number of nitrogens with two attached hydrogens (primary N) is 2. The molecule has 0 aliphatic heterocycles. The molecule has 5 N–H and O–H groups in total. The normalized spacial score (nSPS) is 35.9. The van der Waals surface area contributed by atoms with Crippen LogP contribution < -0.4 is 11.5 Å². The monoisotopic (exact) mass is 562 g/mol. The van der Waals surface area contributed by atoms with Crippen molar-refractivity contribution in [1.82, 2.24) is 0 Å². The Morgan fingerprint density at radius 3 is 2.27 bits per heavy atom. The predicted molar refractivity (Wildman–Crippen MR) is 174 cm³/mol. The van der Waals surface area contributed by atoms with Crippen LogP contribution in [-0.4, -0.2) is 11.6 Å². The number of hydrogen-bond acceptors (Lipinski definition) is 3. The topological polar surface area (TPSA) is 89.3 Å². The van der Waals surface area contributed by atoms with Gasteiger partial charge >= 0.3 is 0 Å². The third-order valence-corrected chi connectivity index (χ3v) is 12.6. The Hall–Kier alpha value is -2.23. The van der Waals surface area contributed by atoms with Crippen LogP contribution in [0.15, 0.2) is 41.5 Å². The minimum atomic E-state index is -0.250. The van der Waals surface area contributed by atoms with E-state index in [0.29, 0.717) is 16.7 Å². The number of hydrogen-bond donors (Lipinski definition) is 3. The van der Waals surface area contributed by atoms with Gasteiger partial charge in [0.1, 0.15) is 0 Å². The van der Waals surface area contributed by atoms with Crippen molar-refractivity contribution in [2.45, 2.75) is 119 Å². The molecule has 8 unspecified atom stereocenters. The van der Waals surface area contributed by atoms with E-state index in [1.807, 2.05) is 6.07 Å². The Bertz CT molecular complexity index is 1130. The van der Waals surface area contributed by atoms with E-state index in [9.17, 15) is 0 Å². The molecule has 41 heavy (non-hydrogen) atoms. The van der Waals surface area contributed by atoms with Gasteiger partial charge in [0.2, 0.25) is 0 Å². The number of nitrogen functional groups attached to an aromatic ring is 2. The summed E-state index contributed by atoms with van der Waals surface area (Å²) in [6.45, 7) is 17.1. The van der Waals surface area contributed by atoms with Gasteiger partial charge in [0, 0.05) is 11.4 Å². The van der Waals surface area contributed by atoms with Gasteiger partial charge in [0.25, 0.3) is 6.47 Å². The molecule has 1 aromatic carbocycles. The number of carbonyl (C=O) groups is 1. The maximum atomic E-state index is 8.36. The van der Waals surface area contributed by atoms with Crippen molar-refractivity contribution < 1.29 is 9.90 Å². The Kier molecular flexibility index (Phi) is 9.41. The van der Waals surface area contributed by atoms with E-state index < -0.39 is 0 Å². The van der Waals surface area contributed by atoms with E-state index in [4.69, 9.17) is 21.4 Å². The van der Waals surface area contributed by atoms with E-state index >= 15 is 0 Å². The van der Waals surface area contributed by atoms with Crippen LogP contribution >= 0.6 is 0 Å². The highest BCUT2D eigenvalue weighted by Crippen LogP contribution is 2.70. The molecule has 0 aromatic heterocycles. The predicted octanol–water partition coefficient (Wildman–Crippen LogP) is 9.62. The zero-order chi connectivity index (χ0) is 30.2. The van der Waals surface area contributed by atoms with E-state index in [0.717, 1.165) is 41.0 Å². The van der Waals surface area contributed by atoms with Crippen LogP contribution in [0.25, 0.3) is 0 Å². The third kappa shape index (κ3) is 5.74. The summed E-state index contributed by atoms with van der Waals surface area (Å²) in [5, 5.41) is 6.89. The maximum Gasteiger partial charge on any atom is 0.290 e. The van der Waals surface area contributed by atoms with Crippen molar-refractivity contribution >= 4 is 17.8 Å². The second-order valence-electron chi connectivity index (χ2n) is 15.3. The molecule has 0 bridgehead atoms. The summed E-state index contributed by atoms with van der Waals surface area (Å²) in [4.78, 5) is 8.36. The summed E-state index contributed by atoms with van der Waals surface area (Å²) in [5.41, 5.74) is 19.7. The molecule has 3 saturated carbocycles. The Balaban J connectivity index is 0.00000124. The largest absolute Gasteiger partial charge is 0.483 e. The first-order chi connectivity index (χ1) is 19.3. The van der Waals surface area contributed by atoms with Gasteiger partial charge in [-0.3, -0.25) is 4.79 Å².